The monoisotopic (exact) mass is 271 g/mol. The first-order valence-corrected chi connectivity index (χ1v) is 7.12. The molecule has 2 heterocycles. The molecule has 4 heteroatoms. The number of hydrogen-bond acceptors (Lipinski definition) is 2. The molecule has 1 unspecified atom stereocenters. The second-order valence-electron chi connectivity index (χ2n) is 5.91. The fourth-order valence-corrected chi connectivity index (χ4v) is 3.15. The van der Waals surface area contributed by atoms with Gasteiger partial charge in [0.1, 0.15) is 0 Å². The van der Waals surface area contributed by atoms with Gasteiger partial charge in [-0.3, -0.25) is 4.57 Å². The van der Waals surface area contributed by atoms with Gasteiger partial charge >= 0.3 is 5.69 Å². The molecule has 1 fully saturated rings. The van der Waals surface area contributed by atoms with E-state index in [0.717, 1.165) is 24.3 Å². The zero-order valence-corrected chi connectivity index (χ0v) is 12.3. The Hall–Kier alpha value is -1.81. The molecule has 1 aromatic carbocycles. The molecule has 20 heavy (non-hydrogen) atoms. The zero-order valence-electron chi connectivity index (χ0n) is 12.3. The summed E-state index contributed by atoms with van der Waals surface area (Å²) in [4.78, 5) is 12.2. The first-order chi connectivity index (χ1) is 9.51. The fraction of sp³-hybridized carbons (Fsp3) is 0.438. The standard InChI is InChI=1S/C16H21N3O/c1-12-11-18(3)15(20)19(12)14-7-4-6-13(10-14)16(2)8-5-9-17-16/h4,6-7,10-11,17H,5,8-9H2,1-3H3. The molecular weight excluding hydrogens is 250 g/mol. The second-order valence-corrected chi connectivity index (χ2v) is 5.91. The van der Waals surface area contributed by atoms with Crippen LogP contribution in [0.4, 0.5) is 0 Å². The smallest absolute Gasteiger partial charge is 0.308 e. The van der Waals surface area contributed by atoms with Crippen LogP contribution >= 0.6 is 0 Å². The first-order valence-electron chi connectivity index (χ1n) is 7.12. The Kier molecular flexibility index (Phi) is 3.05. The van der Waals surface area contributed by atoms with Crippen LogP contribution in [0.5, 0.6) is 0 Å². The van der Waals surface area contributed by atoms with Crippen LogP contribution in [0.15, 0.2) is 35.3 Å². The quantitative estimate of drug-likeness (QED) is 0.908. The molecule has 0 saturated carbocycles. The Labute approximate surface area is 119 Å². The van der Waals surface area contributed by atoms with E-state index < -0.39 is 0 Å². The average Bonchev–Trinajstić information content (AvgIpc) is 2.96. The number of hydrogen-bond donors (Lipinski definition) is 1. The van der Waals surface area contributed by atoms with Crippen LogP contribution in [0.1, 0.15) is 31.0 Å². The van der Waals surface area contributed by atoms with E-state index in [1.807, 2.05) is 25.3 Å². The Morgan fingerprint density at radius 3 is 2.75 bits per heavy atom. The molecule has 0 aliphatic carbocycles. The van der Waals surface area contributed by atoms with Crippen molar-refractivity contribution in [1.82, 2.24) is 14.5 Å². The van der Waals surface area contributed by atoms with E-state index in [9.17, 15) is 4.79 Å². The third kappa shape index (κ3) is 2.00. The van der Waals surface area contributed by atoms with Gasteiger partial charge in [-0.25, -0.2) is 4.79 Å². The number of nitrogens with zero attached hydrogens (tertiary/aromatic N) is 2. The summed E-state index contributed by atoms with van der Waals surface area (Å²) in [5.41, 5.74) is 3.19. The molecule has 1 saturated heterocycles. The van der Waals surface area contributed by atoms with Gasteiger partial charge in [-0.1, -0.05) is 12.1 Å². The van der Waals surface area contributed by atoms with Gasteiger partial charge < -0.3 is 9.88 Å². The van der Waals surface area contributed by atoms with Crippen LogP contribution in [0.3, 0.4) is 0 Å². The minimum Gasteiger partial charge on any atom is -0.308 e. The van der Waals surface area contributed by atoms with E-state index in [2.05, 4.69) is 24.4 Å². The lowest BCUT2D eigenvalue weighted by molar-refractivity contribution is 0.434. The third-order valence-corrected chi connectivity index (χ3v) is 4.34. The van der Waals surface area contributed by atoms with Crippen LogP contribution in [-0.4, -0.2) is 15.7 Å². The number of benzene rings is 1. The number of aryl methyl sites for hydroxylation is 2. The van der Waals surface area contributed by atoms with Crippen molar-refractivity contribution in [2.45, 2.75) is 32.2 Å². The second kappa shape index (κ2) is 4.63. The summed E-state index contributed by atoms with van der Waals surface area (Å²) in [6.07, 6.45) is 4.20. The van der Waals surface area contributed by atoms with Crippen LogP contribution < -0.4 is 11.0 Å². The summed E-state index contributed by atoms with van der Waals surface area (Å²) in [6.45, 7) is 5.26. The highest BCUT2D eigenvalue weighted by molar-refractivity contribution is 5.40. The topological polar surface area (TPSA) is 39.0 Å². The van der Waals surface area contributed by atoms with Crippen molar-refractivity contribution in [3.8, 4) is 5.69 Å². The number of nitrogens with one attached hydrogen (secondary N) is 1. The molecule has 0 bridgehead atoms. The number of rotatable bonds is 2. The Morgan fingerprint density at radius 1 is 1.35 bits per heavy atom. The van der Waals surface area contributed by atoms with Gasteiger partial charge in [-0.15, -0.1) is 0 Å². The SMILES string of the molecule is Cc1cn(C)c(=O)n1-c1cccc(C2(C)CCCN2)c1. The molecule has 2 aromatic rings. The van der Waals surface area contributed by atoms with Crippen LogP contribution in [-0.2, 0) is 12.6 Å². The first kappa shape index (κ1) is 13.2. The molecule has 0 radical (unpaired) electrons. The van der Waals surface area contributed by atoms with Crippen molar-refractivity contribution in [3.05, 3.63) is 52.2 Å². The van der Waals surface area contributed by atoms with Crippen molar-refractivity contribution in [2.24, 2.45) is 7.05 Å². The summed E-state index contributed by atoms with van der Waals surface area (Å²) >= 11 is 0. The summed E-state index contributed by atoms with van der Waals surface area (Å²) in [7, 11) is 1.79. The van der Waals surface area contributed by atoms with E-state index in [1.165, 1.54) is 12.0 Å². The molecule has 1 aliphatic rings. The average molecular weight is 271 g/mol. The van der Waals surface area contributed by atoms with Gasteiger partial charge in [0, 0.05) is 24.5 Å². The maximum absolute atomic E-state index is 12.2. The van der Waals surface area contributed by atoms with Crippen LogP contribution in [0.25, 0.3) is 5.69 Å². The summed E-state index contributed by atoms with van der Waals surface area (Å²) in [5, 5.41) is 3.57. The molecular formula is C16H21N3O. The van der Waals surface area contributed by atoms with E-state index in [-0.39, 0.29) is 11.2 Å². The molecule has 4 nitrogen and oxygen atoms in total. The molecule has 1 aromatic heterocycles. The van der Waals surface area contributed by atoms with Crippen LogP contribution in [0.2, 0.25) is 0 Å². The van der Waals surface area contributed by atoms with Crippen molar-refractivity contribution >= 4 is 0 Å². The van der Waals surface area contributed by atoms with Crippen molar-refractivity contribution in [3.63, 3.8) is 0 Å². The van der Waals surface area contributed by atoms with Crippen molar-refractivity contribution in [1.29, 1.82) is 0 Å². The van der Waals surface area contributed by atoms with E-state index >= 15 is 0 Å². The van der Waals surface area contributed by atoms with Crippen molar-refractivity contribution < 1.29 is 0 Å². The Balaban J connectivity index is 2.10. The van der Waals surface area contributed by atoms with Crippen LogP contribution in [0, 0.1) is 6.92 Å². The van der Waals surface area contributed by atoms with Gasteiger partial charge in [-0.05, 0) is 50.9 Å². The minimum absolute atomic E-state index is 0.00387. The number of imidazole rings is 1. The summed E-state index contributed by atoms with van der Waals surface area (Å²) in [5.74, 6) is 0. The summed E-state index contributed by atoms with van der Waals surface area (Å²) < 4.78 is 3.39. The molecule has 1 aliphatic heterocycles. The third-order valence-electron chi connectivity index (χ3n) is 4.34. The van der Waals surface area contributed by atoms with E-state index in [0.29, 0.717) is 0 Å². The highest BCUT2D eigenvalue weighted by Crippen LogP contribution is 2.31. The predicted molar refractivity (Wildman–Crippen MR) is 80.3 cm³/mol. The van der Waals surface area contributed by atoms with Gasteiger partial charge in [0.05, 0.1) is 5.69 Å². The van der Waals surface area contributed by atoms with Crippen molar-refractivity contribution in [2.75, 3.05) is 6.54 Å². The van der Waals surface area contributed by atoms with E-state index in [4.69, 9.17) is 0 Å². The Morgan fingerprint density at radius 2 is 2.15 bits per heavy atom. The number of aromatic nitrogens is 2. The zero-order chi connectivity index (χ0) is 14.3. The normalized spacial score (nSPS) is 22.4. The van der Waals surface area contributed by atoms with Gasteiger partial charge in [-0.2, -0.15) is 0 Å². The molecule has 0 amide bonds. The highest BCUT2D eigenvalue weighted by atomic mass is 16.1. The maximum Gasteiger partial charge on any atom is 0.332 e. The predicted octanol–water partition coefficient (Wildman–Crippen LogP) is 2.08. The molecule has 3 rings (SSSR count). The minimum atomic E-state index is 0.00387. The molecule has 1 N–H and O–H groups in total. The lowest BCUT2D eigenvalue weighted by Crippen LogP contribution is -2.33. The molecule has 106 valence electrons. The van der Waals surface area contributed by atoms with Gasteiger partial charge in [0.25, 0.3) is 0 Å². The Bertz CT molecular complexity index is 690. The lowest BCUT2D eigenvalue weighted by atomic mass is 9.90. The molecule has 1 atom stereocenters. The lowest BCUT2D eigenvalue weighted by Gasteiger charge is -2.25. The van der Waals surface area contributed by atoms with E-state index in [1.54, 1.807) is 16.2 Å². The molecule has 0 spiro atoms. The summed E-state index contributed by atoms with van der Waals surface area (Å²) in [6, 6.07) is 8.31. The maximum atomic E-state index is 12.2. The van der Waals surface area contributed by atoms with Gasteiger partial charge in [0.15, 0.2) is 0 Å². The van der Waals surface area contributed by atoms with Gasteiger partial charge in [0.2, 0.25) is 0 Å². The largest absolute Gasteiger partial charge is 0.332 e. The fourth-order valence-electron chi connectivity index (χ4n) is 3.15. The highest BCUT2D eigenvalue weighted by Gasteiger charge is 2.30.